The average molecular weight is 366 g/mol. The van der Waals surface area contributed by atoms with Crippen molar-refractivity contribution in [2.75, 3.05) is 32.8 Å². The van der Waals surface area contributed by atoms with Crippen molar-refractivity contribution in [1.29, 1.82) is 0 Å². The second kappa shape index (κ2) is 9.21. The SMILES string of the molecule is Cc1ccc(OCC(=O)N2CCCN(C(=O)Cc3ccccc3)CC2)cc1. The van der Waals surface area contributed by atoms with Crippen LogP contribution in [-0.2, 0) is 16.0 Å². The summed E-state index contributed by atoms with van der Waals surface area (Å²) in [5.41, 5.74) is 2.17. The third-order valence-corrected chi connectivity index (χ3v) is 4.78. The number of carbonyl (C=O) groups is 2. The summed E-state index contributed by atoms with van der Waals surface area (Å²) in [6, 6.07) is 17.4. The molecule has 27 heavy (non-hydrogen) atoms. The Labute approximate surface area is 160 Å². The van der Waals surface area contributed by atoms with Gasteiger partial charge >= 0.3 is 0 Å². The van der Waals surface area contributed by atoms with Crippen LogP contribution in [0.3, 0.4) is 0 Å². The van der Waals surface area contributed by atoms with Gasteiger partial charge in [0.15, 0.2) is 6.61 Å². The lowest BCUT2D eigenvalue weighted by molar-refractivity contribution is -0.134. The van der Waals surface area contributed by atoms with Crippen LogP contribution in [0.1, 0.15) is 17.5 Å². The number of hydrogen-bond donors (Lipinski definition) is 0. The summed E-state index contributed by atoms with van der Waals surface area (Å²) < 4.78 is 5.60. The topological polar surface area (TPSA) is 49.9 Å². The molecule has 1 aliphatic heterocycles. The number of ether oxygens (including phenoxy) is 1. The quantitative estimate of drug-likeness (QED) is 0.817. The lowest BCUT2D eigenvalue weighted by Crippen LogP contribution is -2.39. The monoisotopic (exact) mass is 366 g/mol. The first-order valence-electron chi connectivity index (χ1n) is 9.41. The van der Waals surface area contributed by atoms with Crippen LogP contribution in [0.5, 0.6) is 5.75 Å². The zero-order chi connectivity index (χ0) is 19.1. The van der Waals surface area contributed by atoms with Crippen molar-refractivity contribution >= 4 is 11.8 Å². The molecule has 2 amide bonds. The molecule has 1 fully saturated rings. The highest BCUT2D eigenvalue weighted by Gasteiger charge is 2.22. The van der Waals surface area contributed by atoms with Gasteiger partial charge in [-0.05, 0) is 31.0 Å². The minimum atomic E-state index is -0.0343. The van der Waals surface area contributed by atoms with E-state index in [2.05, 4.69) is 0 Å². The van der Waals surface area contributed by atoms with Crippen molar-refractivity contribution in [2.45, 2.75) is 19.8 Å². The fourth-order valence-corrected chi connectivity index (χ4v) is 3.17. The van der Waals surface area contributed by atoms with Crippen molar-refractivity contribution < 1.29 is 14.3 Å². The lowest BCUT2D eigenvalue weighted by atomic mass is 10.1. The van der Waals surface area contributed by atoms with Crippen LogP contribution in [0.25, 0.3) is 0 Å². The second-order valence-electron chi connectivity index (χ2n) is 6.88. The Kier molecular flexibility index (Phi) is 6.47. The van der Waals surface area contributed by atoms with Crippen molar-refractivity contribution in [2.24, 2.45) is 0 Å². The van der Waals surface area contributed by atoms with E-state index in [0.717, 1.165) is 17.5 Å². The second-order valence-corrected chi connectivity index (χ2v) is 6.88. The Bertz CT molecular complexity index is 759. The van der Waals surface area contributed by atoms with Crippen molar-refractivity contribution in [3.63, 3.8) is 0 Å². The van der Waals surface area contributed by atoms with Gasteiger partial charge in [0.25, 0.3) is 5.91 Å². The van der Waals surface area contributed by atoms with E-state index in [-0.39, 0.29) is 18.4 Å². The van der Waals surface area contributed by atoms with E-state index >= 15 is 0 Å². The van der Waals surface area contributed by atoms with Gasteiger partial charge < -0.3 is 14.5 Å². The van der Waals surface area contributed by atoms with Gasteiger partial charge in [-0.3, -0.25) is 9.59 Å². The van der Waals surface area contributed by atoms with Gasteiger partial charge in [-0.25, -0.2) is 0 Å². The average Bonchev–Trinajstić information content (AvgIpc) is 2.94. The predicted octanol–water partition coefficient (Wildman–Crippen LogP) is 2.68. The Morgan fingerprint density at radius 1 is 0.852 bits per heavy atom. The molecule has 0 N–H and O–H groups in total. The van der Waals surface area contributed by atoms with Crippen LogP contribution >= 0.6 is 0 Å². The first-order chi connectivity index (χ1) is 13.1. The first-order valence-corrected chi connectivity index (χ1v) is 9.41. The molecule has 142 valence electrons. The third-order valence-electron chi connectivity index (χ3n) is 4.78. The van der Waals surface area contributed by atoms with Gasteiger partial charge in [0.05, 0.1) is 6.42 Å². The molecule has 5 heteroatoms. The van der Waals surface area contributed by atoms with Crippen LogP contribution in [0.4, 0.5) is 0 Å². The highest BCUT2D eigenvalue weighted by atomic mass is 16.5. The summed E-state index contributed by atoms with van der Waals surface area (Å²) in [6.07, 6.45) is 1.20. The molecule has 1 aliphatic rings. The van der Waals surface area contributed by atoms with Crippen LogP contribution < -0.4 is 4.74 Å². The molecule has 0 unspecified atom stereocenters. The van der Waals surface area contributed by atoms with Gasteiger partial charge in [-0.2, -0.15) is 0 Å². The molecule has 2 aromatic carbocycles. The number of hydrogen-bond acceptors (Lipinski definition) is 3. The van der Waals surface area contributed by atoms with Gasteiger partial charge in [0, 0.05) is 26.2 Å². The maximum Gasteiger partial charge on any atom is 0.260 e. The molecule has 0 bridgehead atoms. The standard InChI is InChI=1S/C22H26N2O3/c1-18-8-10-20(11-9-18)27-17-22(26)24-13-5-12-23(14-15-24)21(25)16-19-6-3-2-4-7-19/h2-4,6-11H,5,12-17H2,1H3. The van der Waals surface area contributed by atoms with Gasteiger partial charge in [-0.15, -0.1) is 0 Å². The smallest absolute Gasteiger partial charge is 0.260 e. The van der Waals surface area contributed by atoms with Crippen molar-refractivity contribution in [3.8, 4) is 5.75 Å². The normalized spacial score (nSPS) is 14.6. The molecule has 0 spiro atoms. The zero-order valence-electron chi connectivity index (χ0n) is 15.8. The highest BCUT2D eigenvalue weighted by Crippen LogP contribution is 2.12. The van der Waals surface area contributed by atoms with E-state index in [1.54, 1.807) is 4.90 Å². The highest BCUT2D eigenvalue weighted by molar-refractivity contribution is 5.80. The summed E-state index contributed by atoms with van der Waals surface area (Å²) in [6.45, 7) is 4.51. The predicted molar refractivity (Wildman–Crippen MR) is 105 cm³/mol. The van der Waals surface area contributed by atoms with Crippen LogP contribution in [0.2, 0.25) is 0 Å². The molecule has 0 radical (unpaired) electrons. The summed E-state index contributed by atoms with van der Waals surface area (Å²) in [5, 5.41) is 0. The fraction of sp³-hybridized carbons (Fsp3) is 0.364. The minimum Gasteiger partial charge on any atom is -0.484 e. The maximum absolute atomic E-state index is 12.5. The number of carbonyl (C=O) groups excluding carboxylic acids is 2. The van der Waals surface area contributed by atoms with E-state index in [4.69, 9.17) is 4.74 Å². The number of rotatable bonds is 5. The maximum atomic E-state index is 12.5. The van der Waals surface area contributed by atoms with Gasteiger partial charge in [0.2, 0.25) is 5.91 Å². The molecule has 1 saturated heterocycles. The lowest BCUT2D eigenvalue weighted by Gasteiger charge is -2.22. The Morgan fingerprint density at radius 3 is 2.15 bits per heavy atom. The number of benzene rings is 2. The molecule has 0 saturated carbocycles. The largest absolute Gasteiger partial charge is 0.484 e. The van der Waals surface area contributed by atoms with Crippen molar-refractivity contribution in [3.05, 3.63) is 65.7 Å². The van der Waals surface area contributed by atoms with Crippen LogP contribution in [0, 0.1) is 6.92 Å². The van der Waals surface area contributed by atoms with E-state index in [1.807, 2.05) is 66.4 Å². The molecular weight excluding hydrogens is 340 g/mol. The van der Waals surface area contributed by atoms with Gasteiger partial charge in [0.1, 0.15) is 5.75 Å². The zero-order valence-corrected chi connectivity index (χ0v) is 15.8. The molecule has 5 nitrogen and oxygen atoms in total. The molecule has 2 aromatic rings. The van der Waals surface area contributed by atoms with Crippen molar-refractivity contribution in [1.82, 2.24) is 9.80 Å². The Balaban J connectivity index is 1.47. The third kappa shape index (κ3) is 5.58. The van der Waals surface area contributed by atoms with Crippen LogP contribution in [-0.4, -0.2) is 54.4 Å². The summed E-state index contributed by atoms with van der Waals surface area (Å²) in [4.78, 5) is 28.6. The summed E-state index contributed by atoms with van der Waals surface area (Å²) >= 11 is 0. The molecule has 0 atom stereocenters. The van der Waals surface area contributed by atoms with Crippen LogP contribution in [0.15, 0.2) is 54.6 Å². The number of nitrogens with zero attached hydrogens (tertiary/aromatic N) is 2. The summed E-state index contributed by atoms with van der Waals surface area (Å²) in [7, 11) is 0. The molecule has 3 rings (SSSR count). The fourth-order valence-electron chi connectivity index (χ4n) is 3.17. The van der Waals surface area contributed by atoms with E-state index in [1.165, 1.54) is 0 Å². The number of aryl methyl sites for hydroxylation is 1. The van der Waals surface area contributed by atoms with E-state index < -0.39 is 0 Å². The number of amides is 2. The minimum absolute atomic E-state index is 0.0288. The molecule has 0 aromatic heterocycles. The van der Waals surface area contributed by atoms with Gasteiger partial charge in [-0.1, -0.05) is 48.0 Å². The molecule has 0 aliphatic carbocycles. The first kappa shape index (κ1) is 19.0. The Morgan fingerprint density at radius 2 is 1.48 bits per heavy atom. The van der Waals surface area contributed by atoms with E-state index in [9.17, 15) is 9.59 Å². The molecular formula is C22H26N2O3. The van der Waals surface area contributed by atoms with E-state index in [0.29, 0.717) is 38.3 Å². The molecule has 1 heterocycles. The Hall–Kier alpha value is -2.82. The summed E-state index contributed by atoms with van der Waals surface area (Å²) in [5.74, 6) is 0.780.